The highest BCUT2D eigenvalue weighted by molar-refractivity contribution is 9.09. The molecule has 0 bridgehead atoms. The Bertz CT molecular complexity index is 437. The van der Waals surface area contributed by atoms with Crippen molar-refractivity contribution in [2.24, 2.45) is 5.92 Å². The van der Waals surface area contributed by atoms with E-state index in [1.807, 2.05) is 0 Å². The standard InChI is InChI=1S/C14H15BrF4/c15-11(10-3-5-14(18,19)6-4-10)7-9-1-2-12(16)13(17)8-9/h1-2,8,10-11H,3-7H2. The summed E-state index contributed by atoms with van der Waals surface area (Å²) in [4.78, 5) is 0.0217. The van der Waals surface area contributed by atoms with E-state index >= 15 is 0 Å². The number of hydrogen-bond donors (Lipinski definition) is 0. The van der Waals surface area contributed by atoms with Crippen molar-refractivity contribution in [2.75, 3.05) is 0 Å². The molecule has 0 spiro atoms. The van der Waals surface area contributed by atoms with Gasteiger partial charge < -0.3 is 0 Å². The first-order chi connectivity index (χ1) is 8.87. The summed E-state index contributed by atoms with van der Waals surface area (Å²) in [6, 6.07) is 3.80. The van der Waals surface area contributed by atoms with E-state index in [1.165, 1.54) is 12.1 Å². The topological polar surface area (TPSA) is 0 Å². The second-order valence-electron chi connectivity index (χ2n) is 5.16. The van der Waals surface area contributed by atoms with Gasteiger partial charge in [0.25, 0.3) is 0 Å². The van der Waals surface area contributed by atoms with Crippen LogP contribution in [-0.2, 0) is 6.42 Å². The molecule has 5 heteroatoms. The Morgan fingerprint density at radius 1 is 1.16 bits per heavy atom. The average molecular weight is 339 g/mol. The molecule has 0 amide bonds. The van der Waals surface area contributed by atoms with Gasteiger partial charge in [0.05, 0.1) is 0 Å². The van der Waals surface area contributed by atoms with Gasteiger partial charge in [-0.15, -0.1) is 0 Å². The number of alkyl halides is 3. The van der Waals surface area contributed by atoms with Crippen molar-refractivity contribution < 1.29 is 17.6 Å². The van der Waals surface area contributed by atoms with E-state index in [4.69, 9.17) is 0 Å². The van der Waals surface area contributed by atoms with Crippen molar-refractivity contribution in [3.8, 4) is 0 Å². The van der Waals surface area contributed by atoms with Crippen molar-refractivity contribution in [1.29, 1.82) is 0 Å². The number of hydrogen-bond acceptors (Lipinski definition) is 0. The molecular formula is C14H15BrF4. The monoisotopic (exact) mass is 338 g/mol. The fourth-order valence-electron chi connectivity index (χ4n) is 2.48. The molecule has 0 saturated heterocycles. The van der Waals surface area contributed by atoms with E-state index in [2.05, 4.69) is 15.9 Å². The molecule has 0 nitrogen and oxygen atoms in total. The molecule has 0 aromatic heterocycles. The largest absolute Gasteiger partial charge is 0.248 e. The van der Waals surface area contributed by atoms with Gasteiger partial charge in [-0.05, 0) is 42.9 Å². The number of benzene rings is 1. The van der Waals surface area contributed by atoms with Crippen LogP contribution in [0.2, 0.25) is 0 Å². The van der Waals surface area contributed by atoms with E-state index in [1.54, 1.807) is 0 Å². The van der Waals surface area contributed by atoms with E-state index < -0.39 is 17.6 Å². The van der Waals surface area contributed by atoms with E-state index in [0.717, 1.165) is 6.07 Å². The summed E-state index contributed by atoms with van der Waals surface area (Å²) in [6.07, 6.45) is 1.28. The fraction of sp³-hybridized carbons (Fsp3) is 0.571. The van der Waals surface area contributed by atoms with E-state index in [9.17, 15) is 17.6 Å². The summed E-state index contributed by atoms with van der Waals surface area (Å²) in [5.74, 6) is -4.11. The maximum absolute atomic E-state index is 13.1. The molecule has 2 rings (SSSR count). The molecule has 1 aliphatic rings. The predicted octanol–water partition coefficient (Wildman–Crippen LogP) is 5.10. The number of rotatable bonds is 3. The van der Waals surface area contributed by atoms with Gasteiger partial charge in [-0.1, -0.05) is 22.0 Å². The summed E-state index contributed by atoms with van der Waals surface area (Å²) in [5, 5.41) is 0. The van der Waals surface area contributed by atoms with Crippen molar-refractivity contribution in [3.05, 3.63) is 35.4 Å². The van der Waals surface area contributed by atoms with Crippen LogP contribution in [0.4, 0.5) is 17.6 Å². The molecule has 0 aliphatic heterocycles. The maximum atomic E-state index is 13.1. The molecule has 1 atom stereocenters. The van der Waals surface area contributed by atoms with Gasteiger partial charge >= 0.3 is 0 Å². The molecule has 0 N–H and O–H groups in total. The van der Waals surface area contributed by atoms with Crippen LogP contribution in [0.1, 0.15) is 31.2 Å². The minimum Gasteiger partial charge on any atom is -0.207 e. The zero-order chi connectivity index (χ0) is 14.0. The second kappa shape index (κ2) is 5.81. The third-order valence-electron chi connectivity index (χ3n) is 3.69. The summed E-state index contributed by atoms with van der Waals surface area (Å²) in [6.45, 7) is 0. The van der Waals surface area contributed by atoms with Crippen LogP contribution in [0.15, 0.2) is 18.2 Å². The molecule has 1 fully saturated rings. The van der Waals surface area contributed by atoms with Crippen LogP contribution in [0, 0.1) is 17.6 Å². The quantitative estimate of drug-likeness (QED) is 0.531. The van der Waals surface area contributed by atoms with Crippen molar-refractivity contribution in [1.82, 2.24) is 0 Å². The van der Waals surface area contributed by atoms with Crippen LogP contribution in [0.25, 0.3) is 0 Å². The minimum absolute atomic E-state index is 0.0217. The SMILES string of the molecule is Fc1ccc(CC(Br)C2CCC(F)(F)CC2)cc1F. The van der Waals surface area contributed by atoms with Gasteiger partial charge in [-0.25, -0.2) is 17.6 Å². The molecule has 1 aromatic carbocycles. The molecule has 1 unspecified atom stereocenters. The lowest BCUT2D eigenvalue weighted by Gasteiger charge is -2.31. The summed E-state index contributed by atoms with van der Waals surface area (Å²) >= 11 is 3.50. The molecule has 106 valence electrons. The molecular weight excluding hydrogens is 324 g/mol. The van der Waals surface area contributed by atoms with E-state index in [-0.39, 0.29) is 23.6 Å². The van der Waals surface area contributed by atoms with Gasteiger partial charge in [0, 0.05) is 17.7 Å². The lowest BCUT2D eigenvalue weighted by molar-refractivity contribution is -0.0456. The van der Waals surface area contributed by atoms with Crippen molar-refractivity contribution in [2.45, 2.75) is 42.9 Å². The first kappa shape index (κ1) is 14.8. The van der Waals surface area contributed by atoms with Crippen molar-refractivity contribution >= 4 is 15.9 Å². The van der Waals surface area contributed by atoms with Gasteiger partial charge in [0.1, 0.15) is 0 Å². The predicted molar refractivity (Wildman–Crippen MR) is 69.7 cm³/mol. The Labute approximate surface area is 118 Å². The molecule has 1 saturated carbocycles. The molecule has 1 aromatic rings. The van der Waals surface area contributed by atoms with Gasteiger partial charge in [0.2, 0.25) is 5.92 Å². The zero-order valence-corrected chi connectivity index (χ0v) is 11.9. The van der Waals surface area contributed by atoms with Gasteiger partial charge in [-0.2, -0.15) is 0 Å². The Kier molecular flexibility index (Phi) is 4.54. The highest BCUT2D eigenvalue weighted by Crippen LogP contribution is 2.39. The Morgan fingerprint density at radius 3 is 2.37 bits per heavy atom. The molecule has 0 heterocycles. The fourth-order valence-corrected chi connectivity index (χ4v) is 3.39. The Hall–Kier alpha value is -0.580. The third-order valence-corrected chi connectivity index (χ3v) is 4.76. The van der Waals surface area contributed by atoms with Crippen LogP contribution in [0.5, 0.6) is 0 Å². The third kappa shape index (κ3) is 3.94. The lowest BCUT2D eigenvalue weighted by atomic mass is 9.83. The average Bonchev–Trinajstić information content (AvgIpc) is 2.33. The van der Waals surface area contributed by atoms with Crippen molar-refractivity contribution in [3.63, 3.8) is 0 Å². The minimum atomic E-state index is -2.54. The Balaban J connectivity index is 1.94. The van der Waals surface area contributed by atoms with Crippen LogP contribution < -0.4 is 0 Å². The highest BCUT2D eigenvalue weighted by atomic mass is 79.9. The summed E-state index contributed by atoms with van der Waals surface area (Å²) in [5.41, 5.74) is 0.679. The van der Waals surface area contributed by atoms with E-state index in [0.29, 0.717) is 24.8 Å². The summed E-state index contributed by atoms with van der Waals surface area (Å²) in [7, 11) is 0. The van der Waals surface area contributed by atoms with Crippen LogP contribution >= 0.6 is 15.9 Å². The summed E-state index contributed by atoms with van der Waals surface area (Å²) < 4.78 is 52.0. The number of halogens is 5. The Morgan fingerprint density at radius 2 is 1.79 bits per heavy atom. The molecule has 1 aliphatic carbocycles. The second-order valence-corrected chi connectivity index (χ2v) is 6.34. The van der Waals surface area contributed by atoms with Gasteiger partial charge in [0.15, 0.2) is 11.6 Å². The normalized spacial score (nSPS) is 21.3. The molecule has 0 radical (unpaired) electrons. The molecule has 19 heavy (non-hydrogen) atoms. The van der Waals surface area contributed by atoms with Crippen LogP contribution in [0.3, 0.4) is 0 Å². The van der Waals surface area contributed by atoms with Crippen LogP contribution in [-0.4, -0.2) is 10.7 Å². The first-order valence-corrected chi connectivity index (χ1v) is 7.25. The zero-order valence-electron chi connectivity index (χ0n) is 10.3. The maximum Gasteiger partial charge on any atom is 0.248 e. The smallest absolute Gasteiger partial charge is 0.207 e. The lowest BCUT2D eigenvalue weighted by Crippen LogP contribution is -2.29. The first-order valence-electron chi connectivity index (χ1n) is 6.33. The van der Waals surface area contributed by atoms with Gasteiger partial charge in [-0.3, -0.25) is 0 Å². The highest BCUT2D eigenvalue weighted by Gasteiger charge is 2.36.